The van der Waals surface area contributed by atoms with Gasteiger partial charge >= 0.3 is 0 Å². The number of halogens is 2. The zero-order valence-corrected chi connectivity index (χ0v) is 20.7. The van der Waals surface area contributed by atoms with Gasteiger partial charge in [0.15, 0.2) is 9.84 Å². The second kappa shape index (κ2) is 9.81. The molecule has 3 aromatic carbocycles. The molecule has 1 aliphatic rings. The molecule has 0 bridgehead atoms. The summed E-state index contributed by atoms with van der Waals surface area (Å²) in [7, 11) is -3.40. The number of carbonyl (C=O) groups is 2. The fourth-order valence-electron chi connectivity index (χ4n) is 4.29. The quantitative estimate of drug-likeness (QED) is 0.413. The average Bonchev–Trinajstić information content (AvgIpc) is 2.84. The maximum Gasteiger partial charge on any atom is 0.258 e. The zero-order valence-electron chi connectivity index (χ0n) is 19.9. The Morgan fingerprint density at radius 3 is 2.06 bits per heavy atom. The highest BCUT2D eigenvalue weighted by Crippen LogP contribution is 2.42. The molecule has 4 rings (SSSR count). The summed E-state index contributed by atoms with van der Waals surface area (Å²) in [6, 6.07) is 20.3. The lowest BCUT2D eigenvalue weighted by Gasteiger charge is -2.42. The van der Waals surface area contributed by atoms with Crippen molar-refractivity contribution in [2.75, 3.05) is 15.6 Å². The molecule has 0 unspecified atom stereocenters. The number of hydrogen-bond acceptors (Lipinski definition) is 4. The Hall–Kier alpha value is -3.59. The van der Waals surface area contributed by atoms with E-state index in [-0.39, 0.29) is 22.1 Å². The van der Waals surface area contributed by atoms with Gasteiger partial charge in [-0.1, -0.05) is 31.2 Å². The number of sulfone groups is 1. The summed E-state index contributed by atoms with van der Waals surface area (Å²) in [5, 5.41) is 0. The minimum atomic E-state index is -3.40. The van der Waals surface area contributed by atoms with Crippen LogP contribution in [0.25, 0.3) is 0 Å². The van der Waals surface area contributed by atoms with Gasteiger partial charge in [-0.25, -0.2) is 17.2 Å². The van der Waals surface area contributed by atoms with Crippen LogP contribution in [-0.4, -0.2) is 37.9 Å². The van der Waals surface area contributed by atoms with Gasteiger partial charge in [0.05, 0.1) is 10.6 Å². The van der Waals surface area contributed by atoms with Crippen molar-refractivity contribution in [3.05, 3.63) is 84.4 Å². The van der Waals surface area contributed by atoms with Crippen LogP contribution in [0, 0.1) is 0 Å². The van der Waals surface area contributed by atoms with Crippen molar-refractivity contribution in [3.63, 3.8) is 0 Å². The summed E-state index contributed by atoms with van der Waals surface area (Å²) < 4.78 is 51.6. The molecular weight excluding hydrogens is 486 g/mol. The molecule has 188 valence electrons. The molecule has 9 heteroatoms. The number of anilines is 3. The molecule has 1 fully saturated rings. The number of hydrogen-bond donors (Lipinski definition) is 0. The van der Waals surface area contributed by atoms with E-state index in [4.69, 9.17) is 0 Å². The topological polar surface area (TPSA) is 74.8 Å². The summed E-state index contributed by atoms with van der Waals surface area (Å²) in [6.45, 7) is 2.91. The number of nitrogens with zero attached hydrogens (tertiary/aromatic N) is 2. The molecule has 0 N–H and O–H groups in total. The SMILES string of the molecule is CCS(=O)(=O)c1ccc(N(C(C)=O)c2cccc(C(=O)N(c3ccccc3)C3CC(F)(F)C3)c2)cc1. The predicted octanol–water partition coefficient (Wildman–Crippen LogP) is 5.61. The normalized spacial score (nSPS) is 15.1. The van der Waals surface area contributed by atoms with Gasteiger partial charge in [0.25, 0.3) is 11.8 Å². The Balaban J connectivity index is 1.68. The Labute approximate surface area is 209 Å². The van der Waals surface area contributed by atoms with Crippen LogP contribution in [0.2, 0.25) is 0 Å². The van der Waals surface area contributed by atoms with Crippen LogP contribution < -0.4 is 9.80 Å². The Kier molecular flexibility index (Phi) is 6.95. The van der Waals surface area contributed by atoms with Gasteiger partial charge in [0.1, 0.15) is 0 Å². The molecule has 0 atom stereocenters. The molecule has 36 heavy (non-hydrogen) atoms. The molecule has 2 amide bonds. The molecule has 0 aromatic heterocycles. The molecule has 1 aliphatic carbocycles. The van der Waals surface area contributed by atoms with Crippen molar-refractivity contribution in [2.24, 2.45) is 0 Å². The first-order chi connectivity index (χ1) is 17.0. The third kappa shape index (κ3) is 5.16. The van der Waals surface area contributed by atoms with Crippen molar-refractivity contribution in [1.82, 2.24) is 0 Å². The van der Waals surface area contributed by atoms with Gasteiger partial charge in [-0.3, -0.25) is 14.5 Å². The van der Waals surface area contributed by atoms with Gasteiger partial charge in [0.2, 0.25) is 5.91 Å². The summed E-state index contributed by atoms with van der Waals surface area (Å²) in [6.07, 6.45) is -0.834. The highest BCUT2D eigenvalue weighted by molar-refractivity contribution is 7.91. The lowest BCUT2D eigenvalue weighted by molar-refractivity contribution is -0.115. The fraction of sp³-hybridized carbons (Fsp3) is 0.259. The van der Waals surface area contributed by atoms with Crippen molar-refractivity contribution in [1.29, 1.82) is 0 Å². The molecule has 0 heterocycles. The van der Waals surface area contributed by atoms with Gasteiger partial charge in [-0.2, -0.15) is 0 Å². The first-order valence-corrected chi connectivity index (χ1v) is 13.2. The van der Waals surface area contributed by atoms with Crippen LogP contribution >= 0.6 is 0 Å². The minimum Gasteiger partial charge on any atom is -0.305 e. The second-order valence-corrected chi connectivity index (χ2v) is 11.0. The van der Waals surface area contributed by atoms with Gasteiger partial charge in [-0.15, -0.1) is 0 Å². The van der Waals surface area contributed by atoms with Crippen LogP contribution in [0.5, 0.6) is 0 Å². The molecule has 0 radical (unpaired) electrons. The molecule has 0 aliphatic heterocycles. The average molecular weight is 513 g/mol. The Morgan fingerprint density at radius 1 is 0.889 bits per heavy atom. The Bertz CT molecular complexity index is 1370. The summed E-state index contributed by atoms with van der Waals surface area (Å²) in [5.74, 6) is -3.64. The van der Waals surface area contributed by atoms with E-state index in [1.54, 1.807) is 55.5 Å². The van der Waals surface area contributed by atoms with E-state index < -0.39 is 40.6 Å². The molecular formula is C27H26F2N2O4S. The standard InChI is InChI=1S/C27H26F2N2O4S/c1-3-36(34,35)25-14-12-22(13-15-25)30(19(2)32)23-11-7-8-20(16-23)26(33)31(21-9-5-4-6-10-21)24-17-27(28,29)18-24/h4-16,24H,3,17-18H2,1-2H3. The van der Waals surface area contributed by atoms with Crippen molar-refractivity contribution >= 4 is 38.7 Å². The van der Waals surface area contributed by atoms with Crippen LogP contribution in [0.1, 0.15) is 37.0 Å². The number of benzene rings is 3. The largest absolute Gasteiger partial charge is 0.305 e. The molecule has 6 nitrogen and oxygen atoms in total. The van der Waals surface area contributed by atoms with E-state index >= 15 is 0 Å². The highest BCUT2D eigenvalue weighted by Gasteiger charge is 2.49. The molecule has 0 spiro atoms. The number of alkyl halides is 2. The van der Waals surface area contributed by atoms with Crippen molar-refractivity contribution < 1.29 is 26.8 Å². The number of amides is 2. The Morgan fingerprint density at radius 2 is 1.50 bits per heavy atom. The van der Waals surface area contributed by atoms with Gasteiger partial charge < -0.3 is 4.90 Å². The fourth-order valence-corrected chi connectivity index (χ4v) is 5.18. The maximum absolute atomic E-state index is 13.7. The first kappa shape index (κ1) is 25.5. The summed E-state index contributed by atoms with van der Waals surface area (Å²) in [5.41, 5.74) is 1.58. The second-order valence-electron chi connectivity index (χ2n) is 8.73. The lowest BCUT2D eigenvalue weighted by Crippen LogP contribution is -2.53. The monoisotopic (exact) mass is 512 g/mol. The van der Waals surface area contributed by atoms with E-state index in [1.165, 1.54) is 47.1 Å². The molecule has 1 saturated carbocycles. The number of rotatable bonds is 7. The predicted molar refractivity (Wildman–Crippen MR) is 135 cm³/mol. The van der Waals surface area contributed by atoms with Crippen LogP contribution in [-0.2, 0) is 14.6 Å². The van der Waals surface area contributed by atoms with E-state index in [9.17, 15) is 26.8 Å². The molecule has 0 saturated heterocycles. The van der Waals surface area contributed by atoms with E-state index in [1.807, 2.05) is 0 Å². The number of carbonyl (C=O) groups excluding carboxylic acids is 2. The molecule has 3 aromatic rings. The van der Waals surface area contributed by atoms with Crippen molar-refractivity contribution in [3.8, 4) is 0 Å². The zero-order chi connectivity index (χ0) is 26.1. The smallest absolute Gasteiger partial charge is 0.258 e. The van der Waals surface area contributed by atoms with Crippen LogP contribution in [0.4, 0.5) is 25.8 Å². The van der Waals surface area contributed by atoms with Crippen LogP contribution in [0.15, 0.2) is 83.8 Å². The maximum atomic E-state index is 13.7. The summed E-state index contributed by atoms with van der Waals surface area (Å²) >= 11 is 0. The summed E-state index contributed by atoms with van der Waals surface area (Å²) in [4.78, 5) is 29.1. The van der Waals surface area contributed by atoms with E-state index in [0.717, 1.165) is 0 Å². The van der Waals surface area contributed by atoms with E-state index in [2.05, 4.69) is 0 Å². The third-order valence-corrected chi connectivity index (χ3v) is 7.94. The number of para-hydroxylation sites is 1. The first-order valence-electron chi connectivity index (χ1n) is 11.5. The lowest BCUT2D eigenvalue weighted by atomic mass is 9.86. The van der Waals surface area contributed by atoms with Gasteiger partial charge in [0, 0.05) is 48.4 Å². The van der Waals surface area contributed by atoms with Crippen LogP contribution in [0.3, 0.4) is 0 Å². The highest BCUT2D eigenvalue weighted by atomic mass is 32.2. The van der Waals surface area contributed by atoms with E-state index in [0.29, 0.717) is 17.1 Å². The van der Waals surface area contributed by atoms with Gasteiger partial charge in [-0.05, 0) is 54.6 Å². The minimum absolute atomic E-state index is 0.0439. The van der Waals surface area contributed by atoms with Crippen molar-refractivity contribution in [2.45, 2.75) is 43.5 Å². The third-order valence-electron chi connectivity index (χ3n) is 6.19.